The van der Waals surface area contributed by atoms with Crippen LogP contribution < -0.4 is 9.80 Å². The molecule has 246 valence electrons. The minimum Gasteiger partial charge on any atom is -0.394 e. The minimum atomic E-state index is -3.47. The number of carbonyl (C=O) groups is 3. The van der Waals surface area contributed by atoms with Gasteiger partial charge in [0.25, 0.3) is 5.91 Å². The summed E-state index contributed by atoms with van der Waals surface area (Å²) in [7, 11) is -3.47. The number of carbonyl (C=O) groups excluding carboxylic acids is 3. The molecule has 4 aliphatic heterocycles. The number of halogens is 1. The molecule has 3 aromatic carbocycles. The summed E-state index contributed by atoms with van der Waals surface area (Å²) >= 11 is 0. The van der Waals surface area contributed by atoms with Crippen LogP contribution in [0.4, 0.5) is 15.5 Å². The molecule has 0 bridgehead atoms. The zero-order valence-corrected chi connectivity index (χ0v) is 28.2. The third-order valence-corrected chi connectivity index (χ3v) is 13.2. The number of fused-ring (bicyclic) bond motifs is 3. The van der Waals surface area contributed by atoms with Crippen LogP contribution in [0.3, 0.4) is 0 Å². The molecule has 0 aliphatic carbocycles. The van der Waals surface area contributed by atoms with Gasteiger partial charge in [0.15, 0.2) is 5.60 Å². The van der Waals surface area contributed by atoms with Crippen LogP contribution in [0, 0.1) is 5.92 Å². The van der Waals surface area contributed by atoms with Crippen molar-refractivity contribution in [2.24, 2.45) is 5.92 Å². The Labute approximate surface area is 276 Å². The molecule has 4 heterocycles. The van der Waals surface area contributed by atoms with Crippen LogP contribution in [-0.4, -0.2) is 61.4 Å². The number of para-hydroxylation sites is 1. The molecule has 10 heteroatoms. The van der Waals surface area contributed by atoms with Gasteiger partial charge in [0.05, 0.1) is 37.4 Å². The largest absolute Gasteiger partial charge is 0.394 e. The van der Waals surface area contributed by atoms with E-state index < -0.39 is 31.6 Å². The predicted octanol–water partition coefficient (Wildman–Crippen LogP) is 5.47. The second-order valence-corrected chi connectivity index (χ2v) is 17.8. The Morgan fingerprint density at radius 3 is 2.51 bits per heavy atom. The lowest BCUT2D eigenvalue weighted by Crippen LogP contribution is -2.48. The fraction of sp³-hybridized carbons (Fsp3) is 0.432. The summed E-state index contributed by atoms with van der Waals surface area (Å²) in [4.78, 5) is 46.4. The van der Waals surface area contributed by atoms with E-state index >= 15 is 4.11 Å². The van der Waals surface area contributed by atoms with Crippen molar-refractivity contribution in [2.75, 3.05) is 23.0 Å². The molecule has 1 spiro atoms. The zero-order valence-electron chi connectivity index (χ0n) is 27.2. The highest BCUT2D eigenvalue weighted by Gasteiger charge is 2.67. The maximum atomic E-state index is 16.4. The Hall–Kier alpha value is -3.86. The average molecular weight is 656 g/mol. The van der Waals surface area contributed by atoms with E-state index in [0.29, 0.717) is 37.2 Å². The first-order valence-electron chi connectivity index (χ1n) is 16.7. The molecule has 0 aromatic heterocycles. The molecule has 2 saturated heterocycles. The maximum absolute atomic E-state index is 16.4. The van der Waals surface area contributed by atoms with Crippen molar-refractivity contribution in [3.8, 4) is 0 Å². The van der Waals surface area contributed by atoms with Gasteiger partial charge >= 0.3 is 0 Å². The van der Waals surface area contributed by atoms with E-state index in [1.54, 1.807) is 27.8 Å². The normalized spacial score (nSPS) is 27.1. The van der Waals surface area contributed by atoms with Crippen LogP contribution >= 0.6 is 0 Å². The number of nitrogens with zero attached hydrogens (tertiary/aromatic N) is 3. The molecule has 5 atom stereocenters. The van der Waals surface area contributed by atoms with E-state index in [1.165, 1.54) is 0 Å². The van der Waals surface area contributed by atoms with Gasteiger partial charge in [-0.3, -0.25) is 14.4 Å². The molecule has 7 rings (SSSR count). The summed E-state index contributed by atoms with van der Waals surface area (Å²) < 4.78 is 23.2. The molecular weight excluding hydrogens is 614 g/mol. The van der Waals surface area contributed by atoms with Crippen LogP contribution in [0.25, 0.3) is 0 Å². The number of hydrogen-bond donors (Lipinski definition) is 1. The number of aliphatic hydroxyl groups is 1. The van der Waals surface area contributed by atoms with Gasteiger partial charge in [-0.1, -0.05) is 61.5 Å². The van der Waals surface area contributed by atoms with Crippen LogP contribution in [-0.2, 0) is 44.2 Å². The van der Waals surface area contributed by atoms with Crippen molar-refractivity contribution >= 4 is 37.5 Å². The molecule has 3 aromatic rings. The van der Waals surface area contributed by atoms with E-state index in [2.05, 4.69) is 0 Å². The smallest absolute Gasteiger partial charge is 0.264 e. The molecule has 0 saturated carbocycles. The van der Waals surface area contributed by atoms with Crippen molar-refractivity contribution < 1.29 is 28.3 Å². The number of hydrogen-bond acceptors (Lipinski definition) is 5. The monoisotopic (exact) mass is 655 g/mol. The van der Waals surface area contributed by atoms with E-state index in [4.69, 9.17) is 4.74 Å². The minimum absolute atomic E-state index is 0.0723. The van der Waals surface area contributed by atoms with Crippen molar-refractivity contribution in [1.82, 2.24) is 4.90 Å². The van der Waals surface area contributed by atoms with E-state index in [0.717, 1.165) is 28.8 Å². The predicted molar refractivity (Wildman–Crippen MR) is 180 cm³/mol. The van der Waals surface area contributed by atoms with Gasteiger partial charge in [-0.05, 0) is 60.8 Å². The van der Waals surface area contributed by atoms with Gasteiger partial charge in [0.2, 0.25) is 20.2 Å². The Bertz CT molecular complexity index is 1730. The lowest BCUT2D eigenvalue weighted by Gasteiger charge is -2.37. The fourth-order valence-corrected chi connectivity index (χ4v) is 11.1. The number of aliphatic hydroxyl groups excluding tert-OH is 1. The van der Waals surface area contributed by atoms with Crippen molar-refractivity contribution in [3.63, 3.8) is 0 Å². The van der Waals surface area contributed by atoms with E-state index in [9.17, 15) is 19.5 Å². The van der Waals surface area contributed by atoms with Crippen molar-refractivity contribution in [1.29, 1.82) is 0 Å². The Morgan fingerprint density at radius 1 is 1.04 bits per heavy atom. The molecule has 47 heavy (non-hydrogen) atoms. The quantitative estimate of drug-likeness (QED) is 0.269. The van der Waals surface area contributed by atoms with Crippen LogP contribution in [0.15, 0.2) is 72.8 Å². The highest BCUT2D eigenvalue weighted by Crippen LogP contribution is 2.60. The second-order valence-electron chi connectivity index (χ2n) is 14.0. The maximum Gasteiger partial charge on any atom is 0.264 e. The lowest BCUT2D eigenvalue weighted by molar-refractivity contribution is -0.151. The molecule has 4 aliphatic rings. The summed E-state index contributed by atoms with van der Waals surface area (Å²) in [6, 6.07) is 22.8. The molecular formula is C37H42FN3O5Si. The molecule has 0 unspecified atom stereocenters. The molecule has 1 N–H and O–H groups in total. The number of anilines is 2. The first-order valence-corrected chi connectivity index (χ1v) is 19.6. The van der Waals surface area contributed by atoms with E-state index in [1.807, 2.05) is 79.7 Å². The van der Waals surface area contributed by atoms with Gasteiger partial charge in [0, 0.05) is 42.2 Å². The number of amides is 3. The first-order chi connectivity index (χ1) is 22.5. The fourth-order valence-electron chi connectivity index (χ4n) is 8.62. The van der Waals surface area contributed by atoms with Gasteiger partial charge in [-0.25, -0.2) is 0 Å². The SMILES string of the molecule is C[C@@H]1[C@@H]([Si](C)(C)F)[C@H](CC(=O)N2Cc3ccccc3C[C@H]2CO)O[C@@]12C(=O)N(Cc1cccc(N3CCCC3=O)c1)c1ccccc12. The first kappa shape index (κ1) is 31.7. The highest BCUT2D eigenvalue weighted by molar-refractivity contribution is 6.72. The van der Waals surface area contributed by atoms with Crippen molar-refractivity contribution in [2.45, 2.75) is 82.1 Å². The number of ether oxygens (including phenoxy) is 1. The Kier molecular flexibility index (Phi) is 8.09. The van der Waals surface area contributed by atoms with Gasteiger partial charge < -0.3 is 28.7 Å². The molecule has 3 amide bonds. The third-order valence-electron chi connectivity index (χ3n) is 10.8. The van der Waals surface area contributed by atoms with Gasteiger partial charge in [-0.15, -0.1) is 0 Å². The number of rotatable bonds is 7. The van der Waals surface area contributed by atoms with E-state index in [-0.39, 0.29) is 43.3 Å². The Morgan fingerprint density at radius 2 is 1.79 bits per heavy atom. The summed E-state index contributed by atoms with van der Waals surface area (Å²) in [6.07, 6.45) is 1.03. The van der Waals surface area contributed by atoms with Crippen LogP contribution in [0.1, 0.15) is 48.4 Å². The summed E-state index contributed by atoms with van der Waals surface area (Å²) in [6.45, 7) is 6.30. The Balaban J connectivity index is 1.20. The summed E-state index contributed by atoms with van der Waals surface area (Å²) in [5.41, 5.74) is 3.20. The molecule has 8 nitrogen and oxygen atoms in total. The second kappa shape index (κ2) is 12.0. The van der Waals surface area contributed by atoms with Crippen LogP contribution in [0.2, 0.25) is 18.6 Å². The summed E-state index contributed by atoms with van der Waals surface area (Å²) in [5, 5.41) is 10.2. The zero-order chi connectivity index (χ0) is 33.1. The van der Waals surface area contributed by atoms with Crippen molar-refractivity contribution in [3.05, 3.63) is 95.1 Å². The molecule has 0 radical (unpaired) electrons. The van der Waals surface area contributed by atoms with Crippen LogP contribution in [0.5, 0.6) is 0 Å². The number of benzene rings is 3. The topological polar surface area (TPSA) is 90.4 Å². The molecule has 2 fully saturated rings. The standard InChI is InChI=1S/C37H42FN3O5Si/c1-24-35(47(2,3)38)32(20-34(44)40-22-27-12-5-4-11-26(27)19-29(40)23-42)46-37(24)30-14-6-7-15-31(30)41(36(37)45)21-25-10-8-13-28(18-25)39-17-9-16-33(39)43/h4-8,10-15,18,24,29,32,35,42H,9,16-17,19-23H2,1-3H3/t24-,29+,32+,35-,37+/m1/s1. The van der Waals surface area contributed by atoms with Gasteiger partial charge in [-0.2, -0.15) is 0 Å². The average Bonchev–Trinajstić information content (AvgIpc) is 3.69. The van der Waals surface area contributed by atoms with Gasteiger partial charge in [0.1, 0.15) is 0 Å². The summed E-state index contributed by atoms with van der Waals surface area (Å²) in [5.74, 6) is -0.887. The third kappa shape index (κ3) is 5.30. The highest BCUT2D eigenvalue weighted by atomic mass is 28.4. The lowest BCUT2D eigenvalue weighted by atomic mass is 9.82.